The van der Waals surface area contributed by atoms with Crippen LogP contribution in [0.4, 0.5) is 5.69 Å². The number of para-hydroxylation sites is 1. The van der Waals surface area contributed by atoms with Gasteiger partial charge in [0.1, 0.15) is 11.5 Å². The Morgan fingerprint density at radius 1 is 0.905 bits per heavy atom. The monoisotopic (exact) mass is 287 g/mol. The van der Waals surface area contributed by atoms with E-state index in [2.05, 4.69) is 11.4 Å². The molecule has 0 aromatic heterocycles. The van der Waals surface area contributed by atoms with E-state index < -0.39 is 0 Å². The summed E-state index contributed by atoms with van der Waals surface area (Å²) in [4.78, 5) is 0. The quantitative estimate of drug-likeness (QED) is 0.846. The van der Waals surface area contributed by atoms with Crippen LogP contribution in [0, 0.1) is 0 Å². The minimum absolute atomic E-state index is 0.588. The Labute approximate surface area is 125 Å². The first kappa shape index (κ1) is 15.2. The number of hydrogen-bond acceptors (Lipinski definition) is 4. The number of nitrogens with one attached hydrogen (secondary N) is 1. The molecule has 0 aliphatic rings. The molecule has 0 amide bonds. The van der Waals surface area contributed by atoms with Crippen LogP contribution in [-0.2, 0) is 17.9 Å². The average Bonchev–Trinajstić information content (AvgIpc) is 2.54. The summed E-state index contributed by atoms with van der Waals surface area (Å²) < 4.78 is 15.8. The van der Waals surface area contributed by atoms with Gasteiger partial charge in [0, 0.05) is 31.0 Å². The molecule has 0 heterocycles. The van der Waals surface area contributed by atoms with Crippen molar-refractivity contribution in [2.75, 3.05) is 26.6 Å². The standard InChI is InChI=1S/C17H21NO3/c1-19-12-14-6-4-5-7-17(14)18-11-13-8-15(20-2)10-16(9-13)21-3/h4-10,18H,11-12H2,1-3H3. The van der Waals surface area contributed by atoms with Crippen LogP contribution in [0.5, 0.6) is 11.5 Å². The molecule has 0 aliphatic carbocycles. The van der Waals surface area contributed by atoms with Crippen molar-refractivity contribution in [2.24, 2.45) is 0 Å². The second-order valence-electron chi connectivity index (χ2n) is 4.66. The van der Waals surface area contributed by atoms with E-state index in [-0.39, 0.29) is 0 Å². The Bertz CT molecular complexity index is 562. The molecule has 2 aromatic rings. The molecule has 0 bridgehead atoms. The smallest absolute Gasteiger partial charge is 0.122 e. The van der Waals surface area contributed by atoms with Gasteiger partial charge in [-0.05, 0) is 23.8 Å². The Morgan fingerprint density at radius 2 is 1.57 bits per heavy atom. The second-order valence-corrected chi connectivity index (χ2v) is 4.66. The minimum Gasteiger partial charge on any atom is -0.497 e. The van der Waals surface area contributed by atoms with E-state index in [1.165, 1.54) is 0 Å². The number of anilines is 1. The highest BCUT2D eigenvalue weighted by Gasteiger charge is 2.04. The van der Waals surface area contributed by atoms with Crippen molar-refractivity contribution in [1.29, 1.82) is 0 Å². The molecule has 0 aliphatic heterocycles. The van der Waals surface area contributed by atoms with Gasteiger partial charge >= 0.3 is 0 Å². The van der Waals surface area contributed by atoms with Crippen molar-refractivity contribution < 1.29 is 14.2 Å². The van der Waals surface area contributed by atoms with Gasteiger partial charge in [-0.15, -0.1) is 0 Å². The lowest BCUT2D eigenvalue weighted by molar-refractivity contribution is 0.185. The van der Waals surface area contributed by atoms with Gasteiger partial charge < -0.3 is 19.5 Å². The van der Waals surface area contributed by atoms with Crippen LogP contribution in [0.25, 0.3) is 0 Å². The van der Waals surface area contributed by atoms with Gasteiger partial charge in [0.05, 0.1) is 20.8 Å². The van der Waals surface area contributed by atoms with E-state index in [1.807, 2.05) is 36.4 Å². The molecule has 0 saturated heterocycles. The molecule has 0 saturated carbocycles. The number of hydrogen-bond donors (Lipinski definition) is 1. The van der Waals surface area contributed by atoms with Crippen LogP contribution in [0.2, 0.25) is 0 Å². The molecular weight excluding hydrogens is 266 g/mol. The molecule has 4 heteroatoms. The van der Waals surface area contributed by atoms with Gasteiger partial charge in [0.2, 0.25) is 0 Å². The third-order valence-corrected chi connectivity index (χ3v) is 3.21. The van der Waals surface area contributed by atoms with E-state index in [0.717, 1.165) is 28.3 Å². The SMILES string of the molecule is COCc1ccccc1NCc1cc(OC)cc(OC)c1. The van der Waals surface area contributed by atoms with Gasteiger partial charge in [-0.2, -0.15) is 0 Å². The lowest BCUT2D eigenvalue weighted by Gasteiger charge is -2.13. The molecule has 4 nitrogen and oxygen atoms in total. The third kappa shape index (κ3) is 4.13. The fourth-order valence-electron chi connectivity index (χ4n) is 2.14. The van der Waals surface area contributed by atoms with Crippen LogP contribution < -0.4 is 14.8 Å². The molecule has 2 aromatic carbocycles. The zero-order chi connectivity index (χ0) is 15.1. The van der Waals surface area contributed by atoms with Gasteiger partial charge in [-0.1, -0.05) is 18.2 Å². The summed E-state index contributed by atoms with van der Waals surface area (Å²) in [5.41, 5.74) is 3.30. The summed E-state index contributed by atoms with van der Waals surface area (Å²) in [6.45, 7) is 1.28. The van der Waals surface area contributed by atoms with Crippen molar-refractivity contribution in [3.05, 3.63) is 53.6 Å². The number of benzene rings is 2. The predicted molar refractivity (Wildman–Crippen MR) is 84.0 cm³/mol. The maximum atomic E-state index is 5.28. The molecule has 0 radical (unpaired) electrons. The first-order valence-electron chi connectivity index (χ1n) is 6.79. The normalized spacial score (nSPS) is 10.2. The Balaban J connectivity index is 2.12. The Hall–Kier alpha value is -2.20. The highest BCUT2D eigenvalue weighted by Crippen LogP contribution is 2.24. The minimum atomic E-state index is 0.588. The van der Waals surface area contributed by atoms with Crippen molar-refractivity contribution in [2.45, 2.75) is 13.2 Å². The molecular formula is C17H21NO3. The Kier molecular flexibility index (Phi) is 5.46. The molecule has 1 N–H and O–H groups in total. The number of ether oxygens (including phenoxy) is 3. The van der Waals surface area contributed by atoms with Gasteiger partial charge in [0.15, 0.2) is 0 Å². The molecule has 112 valence electrons. The fraction of sp³-hybridized carbons (Fsp3) is 0.294. The molecule has 0 spiro atoms. The van der Waals surface area contributed by atoms with Crippen molar-refractivity contribution >= 4 is 5.69 Å². The van der Waals surface area contributed by atoms with E-state index in [9.17, 15) is 0 Å². The van der Waals surface area contributed by atoms with Crippen LogP contribution in [0.3, 0.4) is 0 Å². The first-order valence-corrected chi connectivity index (χ1v) is 6.79. The van der Waals surface area contributed by atoms with Crippen LogP contribution in [-0.4, -0.2) is 21.3 Å². The highest BCUT2D eigenvalue weighted by molar-refractivity contribution is 5.51. The molecule has 2 rings (SSSR count). The summed E-state index contributed by atoms with van der Waals surface area (Å²) >= 11 is 0. The van der Waals surface area contributed by atoms with Crippen LogP contribution >= 0.6 is 0 Å². The summed E-state index contributed by atoms with van der Waals surface area (Å²) in [7, 11) is 5.00. The third-order valence-electron chi connectivity index (χ3n) is 3.21. The fourth-order valence-corrected chi connectivity index (χ4v) is 2.14. The highest BCUT2D eigenvalue weighted by atomic mass is 16.5. The summed E-state index contributed by atoms with van der Waals surface area (Å²) in [6, 6.07) is 14.0. The zero-order valence-corrected chi connectivity index (χ0v) is 12.7. The lowest BCUT2D eigenvalue weighted by Crippen LogP contribution is -2.03. The van der Waals surface area contributed by atoms with E-state index in [1.54, 1.807) is 21.3 Å². The number of rotatable bonds is 7. The Morgan fingerprint density at radius 3 is 2.19 bits per heavy atom. The van der Waals surface area contributed by atoms with E-state index in [0.29, 0.717) is 13.2 Å². The maximum absolute atomic E-state index is 5.28. The predicted octanol–water partition coefficient (Wildman–Crippen LogP) is 3.46. The van der Waals surface area contributed by atoms with Gasteiger partial charge in [-0.3, -0.25) is 0 Å². The maximum Gasteiger partial charge on any atom is 0.122 e. The van der Waals surface area contributed by atoms with Gasteiger partial charge in [-0.25, -0.2) is 0 Å². The van der Waals surface area contributed by atoms with E-state index >= 15 is 0 Å². The average molecular weight is 287 g/mol. The van der Waals surface area contributed by atoms with Crippen molar-refractivity contribution in [3.63, 3.8) is 0 Å². The van der Waals surface area contributed by atoms with Crippen molar-refractivity contribution in [3.8, 4) is 11.5 Å². The number of methoxy groups -OCH3 is 3. The molecule has 0 unspecified atom stereocenters. The van der Waals surface area contributed by atoms with Crippen LogP contribution in [0.15, 0.2) is 42.5 Å². The lowest BCUT2D eigenvalue weighted by atomic mass is 10.1. The topological polar surface area (TPSA) is 39.7 Å². The van der Waals surface area contributed by atoms with Crippen LogP contribution in [0.1, 0.15) is 11.1 Å². The first-order chi connectivity index (χ1) is 10.3. The zero-order valence-electron chi connectivity index (χ0n) is 12.7. The summed E-state index contributed by atoms with van der Waals surface area (Å²) in [6.07, 6.45) is 0. The van der Waals surface area contributed by atoms with E-state index in [4.69, 9.17) is 14.2 Å². The summed E-state index contributed by atoms with van der Waals surface area (Å²) in [5.74, 6) is 1.58. The molecule has 21 heavy (non-hydrogen) atoms. The largest absolute Gasteiger partial charge is 0.497 e. The summed E-state index contributed by atoms with van der Waals surface area (Å²) in [5, 5.41) is 3.43. The van der Waals surface area contributed by atoms with Crippen molar-refractivity contribution in [1.82, 2.24) is 0 Å². The second kappa shape index (κ2) is 7.55. The molecule has 0 atom stereocenters. The molecule has 0 fully saturated rings. The van der Waals surface area contributed by atoms with Gasteiger partial charge in [0.25, 0.3) is 0 Å².